The van der Waals surface area contributed by atoms with E-state index in [1.165, 1.54) is 12.1 Å². The van der Waals surface area contributed by atoms with Crippen LogP contribution in [-0.2, 0) is 13.1 Å². The third kappa shape index (κ3) is 4.62. The first-order valence-corrected chi connectivity index (χ1v) is 7.34. The minimum atomic E-state index is -0.227. The van der Waals surface area contributed by atoms with Crippen molar-refractivity contribution in [2.24, 2.45) is 0 Å². The van der Waals surface area contributed by atoms with Crippen LogP contribution < -0.4 is 10.1 Å². The monoisotopic (exact) mass is 337 g/mol. The molecule has 0 saturated carbocycles. The number of ether oxygens (including phenoxy) is 1. The zero-order valence-electron chi connectivity index (χ0n) is 11.3. The van der Waals surface area contributed by atoms with Crippen LogP contribution in [0.1, 0.15) is 18.1 Å². The summed E-state index contributed by atoms with van der Waals surface area (Å²) in [5.41, 5.74) is 2.06. The predicted octanol–water partition coefficient (Wildman–Crippen LogP) is 4.28. The van der Waals surface area contributed by atoms with Gasteiger partial charge in [0.05, 0.1) is 6.61 Å². The SMILES string of the molecule is CCOc1cccc(CNCc2cc(F)cc(Br)c2)c1. The lowest BCUT2D eigenvalue weighted by Gasteiger charge is -2.08. The molecule has 20 heavy (non-hydrogen) atoms. The number of nitrogens with one attached hydrogen (secondary N) is 1. The first-order chi connectivity index (χ1) is 9.67. The molecule has 0 aromatic heterocycles. The lowest BCUT2D eigenvalue weighted by molar-refractivity contribution is 0.340. The summed E-state index contributed by atoms with van der Waals surface area (Å²) in [6.45, 7) is 3.96. The quantitative estimate of drug-likeness (QED) is 0.849. The summed E-state index contributed by atoms with van der Waals surface area (Å²) in [5.74, 6) is 0.648. The normalized spacial score (nSPS) is 10.6. The van der Waals surface area contributed by atoms with Crippen LogP contribution in [0.15, 0.2) is 46.9 Å². The van der Waals surface area contributed by atoms with Gasteiger partial charge in [0, 0.05) is 17.6 Å². The van der Waals surface area contributed by atoms with Gasteiger partial charge in [0.2, 0.25) is 0 Å². The molecule has 2 aromatic rings. The van der Waals surface area contributed by atoms with Crippen LogP contribution in [0.3, 0.4) is 0 Å². The molecule has 0 bridgehead atoms. The third-order valence-corrected chi connectivity index (χ3v) is 3.25. The van der Waals surface area contributed by atoms with E-state index in [1.54, 1.807) is 0 Å². The summed E-state index contributed by atoms with van der Waals surface area (Å²) >= 11 is 3.29. The van der Waals surface area contributed by atoms with Crippen LogP contribution in [0, 0.1) is 5.82 Å². The van der Waals surface area contributed by atoms with E-state index in [-0.39, 0.29) is 5.82 Å². The summed E-state index contributed by atoms with van der Waals surface area (Å²) in [4.78, 5) is 0. The minimum absolute atomic E-state index is 0.227. The van der Waals surface area contributed by atoms with Gasteiger partial charge in [0.15, 0.2) is 0 Å². The molecule has 0 fully saturated rings. The molecule has 0 unspecified atom stereocenters. The second kappa shape index (κ2) is 7.41. The maximum atomic E-state index is 13.2. The van der Waals surface area contributed by atoms with Crippen LogP contribution in [0.4, 0.5) is 4.39 Å². The van der Waals surface area contributed by atoms with Gasteiger partial charge in [0.25, 0.3) is 0 Å². The second-order valence-electron chi connectivity index (χ2n) is 4.46. The molecule has 2 nitrogen and oxygen atoms in total. The Morgan fingerprint density at radius 1 is 1.10 bits per heavy atom. The molecule has 2 aromatic carbocycles. The third-order valence-electron chi connectivity index (χ3n) is 2.79. The van der Waals surface area contributed by atoms with Crippen molar-refractivity contribution in [3.8, 4) is 5.75 Å². The number of hydrogen-bond acceptors (Lipinski definition) is 2. The van der Waals surface area contributed by atoms with Crippen LogP contribution >= 0.6 is 15.9 Å². The molecule has 0 spiro atoms. The van der Waals surface area contributed by atoms with E-state index in [9.17, 15) is 4.39 Å². The van der Waals surface area contributed by atoms with E-state index in [1.807, 2.05) is 37.3 Å². The average molecular weight is 338 g/mol. The summed E-state index contributed by atoms with van der Waals surface area (Å²) in [6, 6.07) is 12.9. The fourth-order valence-corrected chi connectivity index (χ4v) is 2.49. The standard InChI is InChI=1S/C16H17BrFNO/c1-2-20-16-5-3-4-12(8-16)10-19-11-13-6-14(17)9-15(18)7-13/h3-9,19H,2,10-11H2,1H3. The van der Waals surface area contributed by atoms with Gasteiger partial charge < -0.3 is 10.1 Å². The molecule has 106 valence electrons. The van der Waals surface area contributed by atoms with Crippen molar-refractivity contribution < 1.29 is 9.13 Å². The van der Waals surface area contributed by atoms with Gasteiger partial charge in [-0.3, -0.25) is 0 Å². The molecule has 0 radical (unpaired) electrons. The highest BCUT2D eigenvalue weighted by atomic mass is 79.9. The lowest BCUT2D eigenvalue weighted by Crippen LogP contribution is -2.12. The van der Waals surface area contributed by atoms with Crippen LogP contribution in [-0.4, -0.2) is 6.61 Å². The van der Waals surface area contributed by atoms with Crippen molar-refractivity contribution in [2.75, 3.05) is 6.61 Å². The molecule has 0 saturated heterocycles. The van der Waals surface area contributed by atoms with Crippen molar-refractivity contribution in [2.45, 2.75) is 20.0 Å². The molecule has 0 aliphatic heterocycles. The predicted molar refractivity (Wildman–Crippen MR) is 82.3 cm³/mol. The maximum absolute atomic E-state index is 13.2. The van der Waals surface area contributed by atoms with E-state index in [0.29, 0.717) is 13.2 Å². The Labute approximate surface area is 127 Å². The molecule has 0 aliphatic rings. The smallest absolute Gasteiger partial charge is 0.124 e. The van der Waals surface area contributed by atoms with Crippen molar-refractivity contribution >= 4 is 15.9 Å². The Morgan fingerprint density at radius 2 is 1.90 bits per heavy atom. The van der Waals surface area contributed by atoms with Crippen LogP contribution in [0.5, 0.6) is 5.75 Å². The van der Waals surface area contributed by atoms with E-state index in [0.717, 1.165) is 27.9 Å². The van der Waals surface area contributed by atoms with E-state index >= 15 is 0 Å². The zero-order chi connectivity index (χ0) is 14.4. The van der Waals surface area contributed by atoms with E-state index in [2.05, 4.69) is 21.2 Å². The molecule has 1 N–H and O–H groups in total. The van der Waals surface area contributed by atoms with Gasteiger partial charge in [-0.25, -0.2) is 4.39 Å². The van der Waals surface area contributed by atoms with Gasteiger partial charge in [-0.2, -0.15) is 0 Å². The van der Waals surface area contributed by atoms with Gasteiger partial charge >= 0.3 is 0 Å². The lowest BCUT2D eigenvalue weighted by atomic mass is 10.2. The highest BCUT2D eigenvalue weighted by molar-refractivity contribution is 9.10. The molecule has 0 heterocycles. The topological polar surface area (TPSA) is 21.3 Å². The van der Waals surface area contributed by atoms with Crippen LogP contribution in [0.25, 0.3) is 0 Å². The van der Waals surface area contributed by atoms with Gasteiger partial charge in [-0.1, -0.05) is 28.1 Å². The van der Waals surface area contributed by atoms with E-state index < -0.39 is 0 Å². The minimum Gasteiger partial charge on any atom is -0.494 e. The fraction of sp³-hybridized carbons (Fsp3) is 0.250. The number of benzene rings is 2. The fourth-order valence-electron chi connectivity index (χ4n) is 1.98. The molecular weight excluding hydrogens is 321 g/mol. The van der Waals surface area contributed by atoms with Gasteiger partial charge in [-0.05, 0) is 48.4 Å². The second-order valence-corrected chi connectivity index (χ2v) is 5.38. The Kier molecular flexibility index (Phi) is 5.56. The maximum Gasteiger partial charge on any atom is 0.124 e. The first kappa shape index (κ1) is 15.0. The summed E-state index contributed by atoms with van der Waals surface area (Å²) in [7, 11) is 0. The zero-order valence-corrected chi connectivity index (χ0v) is 12.9. The Balaban J connectivity index is 1.90. The molecule has 0 amide bonds. The summed E-state index contributed by atoms with van der Waals surface area (Å²) in [5, 5.41) is 3.30. The highest BCUT2D eigenvalue weighted by Gasteiger charge is 2.00. The average Bonchev–Trinajstić information content (AvgIpc) is 2.38. The van der Waals surface area contributed by atoms with Crippen molar-refractivity contribution in [1.29, 1.82) is 0 Å². The number of rotatable bonds is 6. The molecule has 0 atom stereocenters. The van der Waals surface area contributed by atoms with Crippen molar-refractivity contribution in [3.63, 3.8) is 0 Å². The van der Waals surface area contributed by atoms with Gasteiger partial charge in [-0.15, -0.1) is 0 Å². The molecule has 0 aliphatic carbocycles. The van der Waals surface area contributed by atoms with Gasteiger partial charge in [0.1, 0.15) is 11.6 Å². The Bertz CT molecular complexity index is 554. The Hall–Kier alpha value is -1.39. The largest absolute Gasteiger partial charge is 0.494 e. The number of hydrogen-bond donors (Lipinski definition) is 1. The summed E-state index contributed by atoms with van der Waals surface area (Å²) < 4.78 is 19.5. The molecule has 4 heteroatoms. The highest BCUT2D eigenvalue weighted by Crippen LogP contribution is 2.16. The van der Waals surface area contributed by atoms with E-state index in [4.69, 9.17) is 4.74 Å². The van der Waals surface area contributed by atoms with Crippen molar-refractivity contribution in [3.05, 3.63) is 63.9 Å². The molecule has 2 rings (SSSR count). The summed E-state index contributed by atoms with van der Waals surface area (Å²) in [6.07, 6.45) is 0. The first-order valence-electron chi connectivity index (χ1n) is 6.55. The van der Waals surface area contributed by atoms with Crippen LogP contribution in [0.2, 0.25) is 0 Å². The molecular formula is C16H17BrFNO. The Morgan fingerprint density at radius 3 is 2.65 bits per heavy atom. The van der Waals surface area contributed by atoms with Crippen molar-refractivity contribution in [1.82, 2.24) is 5.32 Å². The number of halogens is 2.